The summed E-state index contributed by atoms with van der Waals surface area (Å²) in [5, 5.41) is 0. The van der Waals surface area contributed by atoms with E-state index in [1.165, 1.54) is 44.9 Å². The quantitative estimate of drug-likeness (QED) is 0.341. The molecule has 0 spiro atoms. The molecule has 3 N–H and O–H groups in total. The summed E-state index contributed by atoms with van der Waals surface area (Å²) in [6.45, 7) is 2.10. The molecule has 0 aromatic carbocycles. The lowest BCUT2D eigenvalue weighted by Gasteiger charge is -2.37. The van der Waals surface area contributed by atoms with Crippen molar-refractivity contribution in [3.05, 3.63) is 0 Å². The number of guanidine groups is 1. The summed E-state index contributed by atoms with van der Waals surface area (Å²) in [5.41, 5.74) is 2.84. The SMILES string of the molecule is CN(C)C1CCCN(C(=NC2CCCCC2)NN)C1. The number of hydrogen-bond acceptors (Lipinski definition) is 3. The first-order valence-electron chi connectivity index (χ1n) is 7.66. The molecule has 1 heterocycles. The summed E-state index contributed by atoms with van der Waals surface area (Å²) in [6, 6.07) is 1.08. The van der Waals surface area contributed by atoms with Crippen LogP contribution in [0.25, 0.3) is 0 Å². The van der Waals surface area contributed by atoms with E-state index in [0.29, 0.717) is 12.1 Å². The van der Waals surface area contributed by atoms with Gasteiger partial charge in [0.1, 0.15) is 0 Å². The normalized spacial score (nSPS) is 26.8. The van der Waals surface area contributed by atoms with E-state index in [0.717, 1.165) is 19.0 Å². The van der Waals surface area contributed by atoms with Gasteiger partial charge in [0.05, 0.1) is 6.04 Å². The van der Waals surface area contributed by atoms with Gasteiger partial charge in [-0.1, -0.05) is 19.3 Å². The number of aliphatic imine (C=N–C) groups is 1. The van der Waals surface area contributed by atoms with E-state index < -0.39 is 0 Å². The molecular weight excluding hydrogens is 238 g/mol. The second-order valence-corrected chi connectivity index (χ2v) is 6.09. The predicted octanol–water partition coefficient (Wildman–Crippen LogP) is 1.16. The highest BCUT2D eigenvalue weighted by Crippen LogP contribution is 2.21. The van der Waals surface area contributed by atoms with Gasteiger partial charge in [0.2, 0.25) is 5.96 Å². The molecule has 2 fully saturated rings. The summed E-state index contributed by atoms with van der Waals surface area (Å²) in [5.74, 6) is 6.61. The zero-order chi connectivity index (χ0) is 13.7. The van der Waals surface area contributed by atoms with Crippen LogP contribution in [0, 0.1) is 0 Å². The van der Waals surface area contributed by atoms with Gasteiger partial charge in [-0.2, -0.15) is 0 Å². The van der Waals surface area contributed by atoms with Gasteiger partial charge in [-0.15, -0.1) is 0 Å². The molecule has 0 aromatic heterocycles. The first kappa shape index (κ1) is 14.6. The van der Waals surface area contributed by atoms with E-state index in [1.54, 1.807) is 0 Å². The van der Waals surface area contributed by atoms with E-state index >= 15 is 0 Å². The molecule has 1 aliphatic heterocycles. The molecule has 0 amide bonds. The summed E-state index contributed by atoms with van der Waals surface area (Å²) in [7, 11) is 4.31. The Hall–Kier alpha value is -0.810. The molecule has 1 saturated heterocycles. The van der Waals surface area contributed by atoms with Crippen molar-refractivity contribution in [1.29, 1.82) is 0 Å². The average molecular weight is 267 g/mol. The summed E-state index contributed by atoms with van der Waals surface area (Å²) in [4.78, 5) is 9.49. The molecule has 19 heavy (non-hydrogen) atoms. The number of nitrogens with zero attached hydrogens (tertiary/aromatic N) is 3. The maximum Gasteiger partial charge on any atom is 0.208 e. The van der Waals surface area contributed by atoms with Gasteiger partial charge in [-0.05, 0) is 39.8 Å². The number of likely N-dealkylation sites (N-methyl/N-ethyl adjacent to an activating group) is 1. The highest BCUT2D eigenvalue weighted by atomic mass is 15.4. The third-order valence-corrected chi connectivity index (χ3v) is 4.44. The third-order valence-electron chi connectivity index (χ3n) is 4.44. The number of hydrogen-bond donors (Lipinski definition) is 2. The summed E-state index contributed by atoms with van der Waals surface area (Å²) >= 11 is 0. The van der Waals surface area contributed by atoms with Crippen molar-refractivity contribution in [3.63, 3.8) is 0 Å². The smallest absolute Gasteiger partial charge is 0.208 e. The van der Waals surface area contributed by atoms with Crippen LogP contribution in [0.3, 0.4) is 0 Å². The second kappa shape index (κ2) is 7.10. The van der Waals surface area contributed by atoms with Crippen molar-refractivity contribution in [1.82, 2.24) is 15.2 Å². The van der Waals surface area contributed by atoms with Gasteiger partial charge >= 0.3 is 0 Å². The standard InChI is InChI=1S/C14H29N5/c1-18(2)13-9-6-10-19(11-13)14(17-15)16-12-7-4-3-5-8-12/h12-13H,3-11,15H2,1-2H3,(H,16,17). The van der Waals surface area contributed by atoms with Crippen molar-refractivity contribution in [2.24, 2.45) is 10.8 Å². The Balaban J connectivity index is 1.97. The van der Waals surface area contributed by atoms with E-state index in [4.69, 9.17) is 10.8 Å². The Bertz CT molecular complexity index is 296. The molecule has 5 heteroatoms. The minimum absolute atomic E-state index is 0.472. The van der Waals surface area contributed by atoms with Gasteiger partial charge < -0.3 is 9.80 Å². The molecule has 0 bridgehead atoms. The molecule has 0 aromatic rings. The molecule has 5 nitrogen and oxygen atoms in total. The van der Waals surface area contributed by atoms with Gasteiger partial charge in [0, 0.05) is 19.1 Å². The number of nitrogens with two attached hydrogens (primary N) is 1. The fourth-order valence-electron chi connectivity index (χ4n) is 3.16. The van der Waals surface area contributed by atoms with Gasteiger partial charge in [-0.25, -0.2) is 10.8 Å². The van der Waals surface area contributed by atoms with Crippen LogP contribution in [0.1, 0.15) is 44.9 Å². The second-order valence-electron chi connectivity index (χ2n) is 6.09. The van der Waals surface area contributed by atoms with Gasteiger partial charge in [0.25, 0.3) is 0 Å². The number of rotatable bonds is 2. The zero-order valence-corrected chi connectivity index (χ0v) is 12.4. The minimum Gasteiger partial charge on any atom is -0.340 e. The monoisotopic (exact) mass is 267 g/mol. The fraction of sp³-hybridized carbons (Fsp3) is 0.929. The molecule has 1 aliphatic carbocycles. The number of piperidine rings is 1. The Kier molecular flexibility index (Phi) is 5.45. The molecule has 2 aliphatic rings. The van der Waals surface area contributed by atoms with Crippen molar-refractivity contribution >= 4 is 5.96 Å². The van der Waals surface area contributed by atoms with E-state index in [9.17, 15) is 0 Å². The van der Waals surface area contributed by atoms with Crippen molar-refractivity contribution in [2.45, 2.75) is 57.0 Å². The minimum atomic E-state index is 0.472. The average Bonchev–Trinajstić information content (AvgIpc) is 2.46. The van der Waals surface area contributed by atoms with Crippen molar-refractivity contribution < 1.29 is 0 Å². The van der Waals surface area contributed by atoms with Crippen LogP contribution in [-0.4, -0.2) is 55.0 Å². The third kappa shape index (κ3) is 4.08. The molecule has 1 atom stereocenters. The number of likely N-dealkylation sites (tertiary alicyclic amines) is 1. The molecule has 110 valence electrons. The van der Waals surface area contributed by atoms with Crippen molar-refractivity contribution in [2.75, 3.05) is 27.2 Å². The van der Waals surface area contributed by atoms with E-state index in [1.807, 2.05) is 0 Å². The first-order chi connectivity index (χ1) is 9.20. The number of hydrazine groups is 1. The van der Waals surface area contributed by atoms with Crippen LogP contribution in [-0.2, 0) is 0 Å². The summed E-state index contributed by atoms with van der Waals surface area (Å²) in [6.07, 6.45) is 8.91. The topological polar surface area (TPSA) is 56.9 Å². The summed E-state index contributed by atoms with van der Waals surface area (Å²) < 4.78 is 0. The largest absolute Gasteiger partial charge is 0.340 e. The van der Waals surface area contributed by atoms with Crippen LogP contribution in [0.5, 0.6) is 0 Å². The van der Waals surface area contributed by atoms with Crippen LogP contribution < -0.4 is 11.3 Å². The van der Waals surface area contributed by atoms with Crippen LogP contribution in [0.15, 0.2) is 4.99 Å². The zero-order valence-electron chi connectivity index (χ0n) is 12.4. The molecule has 1 saturated carbocycles. The maximum absolute atomic E-state index is 5.71. The highest BCUT2D eigenvalue weighted by Gasteiger charge is 2.24. The Morgan fingerprint density at radius 1 is 1.16 bits per heavy atom. The Labute approximate surface area is 117 Å². The lowest BCUT2D eigenvalue weighted by molar-refractivity contribution is 0.180. The Morgan fingerprint density at radius 2 is 1.89 bits per heavy atom. The van der Waals surface area contributed by atoms with Gasteiger partial charge in [-0.3, -0.25) is 5.43 Å². The van der Waals surface area contributed by atoms with Crippen LogP contribution in [0.4, 0.5) is 0 Å². The highest BCUT2D eigenvalue weighted by molar-refractivity contribution is 5.79. The van der Waals surface area contributed by atoms with Crippen molar-refractivity contribution in [3.8, 4) is 0 Å². The lowest BCUT2D eigenvalue weighted by Crippen LogP contribution is -2.53. The molecule has 2 rings (SSSR count). The molecule has 0 radical (unpaired) electrons. The first-order valence-corrected chi connectivity index (χ1v) is 7.66. The fourth-order valence-corrected chi connectivity index (χ4v) is 3.16. The van der Waals surface area contributed by atoms with Crippen LogP contribution >= 0.6 is 0 Å². The van der Waals surface area contributed by atoms with Gasteiger partial charge in [0.15, 0.2) is 0 Å². The Morgan fingerprint density at radius 3 is 2.53 bits per heavy atom. The lowest BCUT2D eigenvalue weighted by atomic mass is 9.96. The van der Waals surface area contributed by atoms with Crippen LogP contribution in [0.2, 0.25) is 0 Å². The molecular formula is C14H29N5. The predicted molar refractivity (Wildman–Crippen MR) is 79.9 cm³/mol. The van der Waals surface area contributed by atoms with E-state index in [-0.39, 0.29) is 0 Å². The molecule has 1 unspecified atom stereocenters. The van der Waals surface area contributed by atoms with E-state index in [2.05, 4.69) is 29.3 Å². The maximum atomic E-state index is 5.71. The number of nitrogens with one attached hydrogen (secondary N) is 1.